The second-order valence-corrected chi connectivity index (χ2v) is 7.42. The number of rotatable bonds is 4. The van der Waals surface area contributed by atoms with Gasteiger partial charge in [0.2, 0.25) is 11.8 Å². The van der Waals surface area contributed by atoms with Crippen molar-refractivity contribution in [2.45, 2.75) is 19.3 Å². The summed E-state index contributed by atoms with van der Waals surface area (Å²) >= 11 is 0. The summed E-state index contributed by atoms with van der Waals surface area (Å²) in [4.78, 5) is 29.4. The average Bonchev–Trinajstić information content (AvgIpc) is 3.15. The van der Waals surface area contributed by atoms with E-state index in [-0.39, 0.29) is 24.2 Å². The summed E-state index contributed by atoms with van der Waals surface area (Å²) in [7, 11) is 1.61. The van der Waals surface area contributed by atoms with Crippen LogP contribution in [0.25, 0.3) is 11.0 Å². The average molecular weight is 386 g/mol. The number of fused-ring (bicyclic) bond motifs is 1. The second kappa shape index (κ2) is 8.22. The quantitative estimate of drug-likeness (QED) is 0.805. The summed E-state index contributed by atoms with van der Waals surface area (Å²) < 4.78 is 16.1. The van der Waals surface area contributed by atoms with Crippen LogP contribution in [0, 0.1) is 5.92 Å². The Balaban J connectivity index is 1.41. The van der Waals surface area contributed by atoms with Crippen molar-refractivity contribution in [2.24, 2.45) is 5.92 Å². The van der Waals surface area contributed by atoms with Crippen molar-refractivity contribution >= 4 is 22.8 Å². The van der Waals surface area contributed by atoms with Gasteiger partial charge in [-0.3, -0.25) is 9.59 Å². The van der Waals surface area contributed by atoms with Crippen molar-refractivity contribution in [3.05, 3.63) is 30.0 Å². The Morgan fingerprint density at radius 3 is 2.79 bits per heavy atom. The van der Waals surface area contributed by atoms with Crippen molar-refractivity contribution in [1.82, 2.24) is 9.80 Å². The number of nitrogens with zero attached hydrogens (tertiary/aromatic N) is 2. The molecule has 1 unspecified atom stereocenters. The number of hydrogen-bond donors (Lipinski definition) is 0. The van der Waals surface area contributed by atoms with Crippen LogP contribution in [-0.4, -0.2) is 68.1 Å². The maximum absolute atomic E-state index is 12.9. The SMILES string of the molecule is COc1ccc2c(CC(=O)N3CCCC(C(=O)N4CCOCC4)C3)coc2c1. The fourth-order valence-corrected chi connectivity index (χ4v) is 4.05. The number of carbonyl (C=O) groups excluding carboxylic acids is 2. The number of carbonyl (C=O) groups is 2. The molecule has 150 valence electrons. The summed E-state index contributed by atoms with van der Waals surface area (Å²) in [5, 5.41) is 0.923. The van der Waals surface area contributed by atoms with Crippen LogP contribution in [0.1, 0.15) is 18.4 Å². The van der Waals surface area contributed by atoms with E-state index >= 15 is 0 Å². The maximum atomic E-state index is 12.9. The largest absolute Gasteiger partial charge is 0.497 e. The highest BCUT2D eigenvalue weighted by molar-refractivity contribution is 5.89. The monoisotopic (exact) mass is 386 g/mol. The Morgan fingerprint density at radius 2 is 2.00 bits per heavy atom. The van der Waals surface area contributed by atoms with Crippen molar-refractivity contribution in [1.29, 1.82) is 0 Å². The second-order valence-electron chi connectivity index (χ2n) is 7.42. The van der Waals surface area contributed by atoms with Gasteiger partial charge in [-0.15, -0.1) is 0 Å². The molecule has 0 aliphatic carbocycles. The number of benzene rings is 1. The third kappa shape index (κ3) is 3.85. The van der Waals surface area contributed by atoms with Gasteiger partial charge in [0.15, 0.2) is 0 Å². The smallest absolute Gasteiger partial charge is 0.227 e. The van der Waals surface area contributed by atoms with E-state index in [1.165, 1.54) is 0 Å². The molecule has 0 saturated carbocycles. The van der Waals surface area contributed by atoms with Gasteiger partial charge >= 0.3 is 0 Å². The van der Waals surface area contributed by atoms with E-state index in [4.69, 9.17) is 13.9 Å². The summed E-state index contributed by atoms with van der Waals surface area (Å²) in [6.07, 6.45) is 3.62. The van der Waals surface area contributed by atoms with Gasteiger partial charge in [-0.1, -0.05) is 0 Å². The lowest BCUT2D eigenvalue weighted by Crippen LogP contribution is -2.49. The molecule has 2 aliphatic rings. The number of ether oxygens (including phenoxy) is 2. The number of furan rings is 1. The number of amides is 2. The lowest BCUT2D eigenvalue weighted by atomic mass is 9.95. The van der Waals surface area contributed by atoms with Crippen LogP contribution >= 0.6 is 0 Å². The summed E-state index contributed by atoms with van der Waals surface area (Å²) in [5.74, 6) is 0.807. The van der Waals surface area contributed by atoms with Gasteiger partial charge in [0.1, 0.15) is 11.3 Å². The molecule has 2 amide bonds. The normalized spacial score (nSPS) is 20.4. The molecule has 4 rings (SSSR count). The van der Waals surface area contributed by atoms with Crippen LogP contribution in [0.3, 0.4) is 0 Å². The van der Waals surface area contributed by atoms with Gasteiger partial charge < -0.3 is 23.7 Å². The molecule has 1 atom stereocenters. The van der Waals surface area contributed by atoms with Gasteiger partial charge in [-0.25, -0.2) is 0 Å². The van der Waals surface area contributed by atoms with Crippen LogP contribution < -0.4 is 4.74 Å². The first-order chi connectivity index (χ1) is 13.7. The molecule has 0 radical (unpaired) electrons. The minimum Gasteiger partial charge on any atom is -0.497 e. The van der Waals surface area contributed by atoms with Crippen LogP contribution in [0.15, 0.2) is 28.9 Å². The molecule has 7 heteroatoms. The summed E-state index contributed by atoms with van der Waals surface area (Å²) in [5.41, 5.74) is 1.57. The first-order valence-electron chi connectivity index (χ1n) is 9.84. The van der Waals surface area contributed by atoms with Gasteiger partial charge in [0.25, 0.3) is 0 Å². The molecule has 2 aromatic rings. The number of piperidine rings is 1. The Morgan fingerprint density at radius 1 is 1.18 bits per heavy atom. The van der Waals surface area contributed by atoms with Gasteiger partial charge in [-0.05, 0) is 25.0 Å². The molecular formula is C21H26N2O5. The maximum Gasteiger partial charge on any atom is 0.227 e. The molecule has 7 nitrogen and oxygen atoms in total. The highest BCUT2D eigenvalue weighted by Gasteiger charge is 2.32. The number of morpholine rings is 1. The molecule has 0 N–H and O–H groups in total. The van der Waals surface area contributed by atoms with Crippen LogP contribution in [0.5, 0.6) is 5.75 Å². The first kappa shape index (κ1) is 18.8. The van der Waals surface area contributed by atoms with Crippen molar-refractivity contribution < 1.29 is 23.5 Å². The predicted octanol–water partition coefficient (Wildman–Crippen LogP) is 2.08. The van der Waals surface area contributed by atoms with E-state index in [0.717, 1.165) is 29.5 Å². The number of hydrogen-bond acceptors (Lipinski definition) is 5. The Hall–Kier alpha value is -2.54. The third-order valence-corrected chi connectivity index (χ3v) is 5.65. The molecular weight excluding hydrogens is 360 g/mol. The summed E-state index contributed by atoms with van der Waals surface area (Å²) in [6.45, 7) is 3.69. The lowest BCUT2D eigenvalue weighted by Gasteiger charge is -2.36. The summed E-state index contributed by atoms with van der Waals surface area (Å²) in [6, 6.07) is 5.60. The van der Waals surface area contributed by atoms with E-state index in [1.807, 2.05) is 28.0 Å². The minimum absolute atomic E-state index is 0.0398. The highest BCUT2D eigenvalue weighted by atomic mass is 16.5. The van der Waals surface area contributed by atoms with E-state index < -0.39 is 0 Å². The Kier molecular flexibility index (Phi) is 5.52. The third-order valence-electron chi connectivity index (χ3n) is 5.65. The Labute approximate surface area is 164 Å². The molecule has 1 aromatic heterocycles. The molecule has 28 heavy (non-hydrogen) atoms. The zero-order chi connectivity index (χ0) is 19.5. The number of likely N-dealkylation sites (tertiary alicyclic amines) is 1. The van der Waals surface area contributed by atoms with Gasteiger partial charge in [0.05, 0.1) is 38.9 Å². The Bertz CT molecular complexity index is 856. The van der Waals surface area contributed by atoms with Gasteiger partial charge in [-0.2, -0.15) is 0 Å². The van der Waals surface area contributed by atoms with E-state index in [1.54, 1.807) is 13.4 Å². The van der Waals surface area contributed by atoms with Crippen molar-refractivity contribution in [2.75, 3.05) is 46.5 Å². The lowest BCUT2D eigenvalue weighted by molar-refractivity contribution is -0.143. The van der Waals surface area contributed by atoms with Crippen LogP contribution in [0.4, 0.5) is 0 Å². The van der Waals surface area contributed by atoms with Crippen molar-refractivity contribution in [3.63, 3.8) is 0 Å². The number of methoxy groups -OCH3 is 1. The van der Waals surface area contributed by atoms with Crippen LogP contribution in [0.2, 0.25) is 0 Å². The predicted molar refractivity (Wildman–Crippen MR) is 103 cm³/mol. The standard InChI is InChI=1S/C21H26N2O5/c1-26-17-4-5-18-16(14-28-19(18)12-17)11-20(24)23-6-2-3-15(13-23)21(25)22-7-9-27-10-8-22/h4-5,12,14-15H,2-3,6-11,13H2,1H3. The zero-order valence-electron chi connectivity index (χ0n) is 16.2. The molecule has 2 fully saturated rings. The minimum atomic E-state index is -0.110. The fourth-order valence-electron chi connectivity index (χ4n) is 4.05. The van der Waals surface area contributed by atoms with E-state index in [0.29, 0.717) is 45.0 Å². The molecule has 2 saturated heterocycles. The molecule has 0 spiro atoms. The van der Waals surface area contributed by atoms with Crippen LogP contribution in [-0.2, 0) is 20.7 Å². The molecule has 3 heterocycles. The first-order valence-corrected chi connectivity index (χ1v) is 9.84. The fraction of sp³-hybridized carbons (Fsp3) is 0.524. The van der Waals surface area contributed by atoms with E-state index in [2.05, 4.69) is 0 Å². The van der Waals surface area contributed by atoms with Crippen molar-refractivity contribution in [3.8, 4) is 5.75 Å². The van der Waals surface area contributed by atoms with Gasteiger partial charge in [0, 0.05) is 43.2 Å². The topological polar surface area (TPSA) is 72.2 Å². The molecule has 0 bridgehead atoms. The molecule has 2 aliphatic heterocycles. The van der Waals surface area contributed by atoms with E-state index in [9.17, 15) is 9.59 Å². The highest BCUT2D eigenvalue weighted by Crippen LogP contribution is 2.27. The zero-order valence-corrected chi connectivity index (χ0v) is 16.2. The molecule has 1 aromatic carbocycles.